The molecule has 0 spiro atoms. The molecule has 0 saturated carbocycles. The zero-order valence-corrected chi connectivity index (χ0v) is 15.2. The summed E-state index contributed by atoms with van der Waals surface area (Å²) in [4.78, 5) is 25.5. The van der Waals surface area contributed by atoms with E-state index >= 15 is 0 Å². The van der Waals surface area contributed by atoms with Crippen molar-refractivity contribution in [1.82, 2.24) is 0 Å². The molecule has 2 aromatic carbocycles. The molecule has 4 nitrogen and oxygen atoms in total. The number of halogens is 2. The third-order valence-corrected chi connectivity index (χ3v) is 4.21. The summed E-state index contributed by atoms with van der Waals surface area (Å²) < 4.78 is 0. The second kappa shape index (κ2) is 7.69. The van der Waals surface area contributed by atoms with Crippen LogP contribution in [0.25, 0.3) is 0 Å². The lowest BCUT2D eigenvalue weighted by Crippen LogP contribution is -2.36. The number of rotatable bonds is 4. The predicted molar refractivity (Wildman–Crippen MR) is 99.0 cm³/mol. The highest BCUT2D eigenvalue weighted by molar-refractivity contribution is 6.36. The molecule has 0 aliphatic heterocycles. The van der Waals surface area contributed by atoms with Gasteiger partial charge in [0.15, 0.2) is 0 Å². The molecular formula is C18H18Cl2N2O2. The zero-order chi connectivity index (χ0) is 17.9. The summed E-state index contributed by atoms with van der Waals surface area (Å²) in [6.07, 6.45) is 0. The maximum atomic E-state index is 12.3. The van der Waals surface area contributed by atoms with Crippen LogP contribution >= 0.6 is 23.2 Å². The largest absolute Gasteiger partial charge is 0.325 e. The van der Waals surface area contributed by atoms with Crippen LogP contribution in [0.4, 0.5) is 11.4 Å². The van der Waals surface area contributed by atoms with Gasteiger partial charge in [0, 0.05) is 17.6 Å². The van der Waals surface area contributed by atoms with E-state index < -0.39 is 0 Å². The monoisotopic (exact) mass is 364 g/mol. The summed E-state index contributed by atoms with van der Waals surface area (Å²) >= 11 is 12.0. The Balaban J connectivity index is 2.16. The van der Waals surface area contributed by atoms with Crippen LogP contribution in [-0.2, 0) is 9.59 Å². The van der Waals surface area contributed by atoms with Crippen LogP contribution < -0.4 is 10.2 Å². The lowest BCUT2D eigenvalue weighted by Gasteiger charge is -2.22. The first kappa shape index (κ1) is 18.3. The second-order valence-electron chi connectivity index (χ2n) is 5.55. The summed E-state index contributed by atoms with van der Waals surface area (Å²) in [5.74, 6) is -0.589. The number of hydrogen-bond acceptors (Lipinski definition) is 2. The van der Waals surface area contributed by atoms with Crippen molar-refractivity contribution in [3.8, 4) is 0 Å². The first-order chi connectivity index (χ1) is 11.3. The summed E-state index contributed by atoms with van der Waals surface area (Å²) in [5, 5.41) is 3.57. The topological polar surface area (TPSA) is 49.4 Å². The van der Waals surface area contributed by atoms with Gasteiger partial charge in [-0.2, -0.15) is 0 Å². The van der Waals surface area contributed by atoms with E-state index in [-0.39, 0.29) is 18.4 Å². The van der Waals surface area contributed by atoms with Gasteiger partial charge in [-0.25, -0.2) is 0 Å². The highest BCUT2D eigenvalue weighted by Crippen LogP contribution is 2.29. The van der Waals surface area contributed by atoms with E-state index in [1.807, 2.05) is 32.0 Å². The first-order valence-electron chi connectivity index (χ1n) is 7.38. The lowest BCUT2D eigenvalue weighted by molar-refractivity contribution is -0.120. The quantitative estimate of drug-likeness (QED) is 0.861. The molecule has 0 atom stereocenters. The van der Waals surface area contributed by atoms with Crippen LogP contribution in [0.1, 0.15) is 18.1 Å². The van der Waals surface area contributed by atoms with Crippen LogP contribution in [-0.4, -0.2) is 18.4 Å². The van der Waals surface area contributed by atoms with Crippen LogP contribution in [0, 0.1) is 13.8 Å². The number of carbonyl (C=O) groups excluding carboxylic acids is 2. The number of aryl methyl sites for hydroxylation is 2. The molecule has 0 radical (unpaired) electrons. The van der Waals surface area contributed by atoms with E-state index in [1.54, 1.807) is 12.1 Å². The highest BCUT2D eigenvalue weighted by atomic mass is 35.5. The van der Waals surface area contributed by atoms with Gasteiger partial charge in [-0.1, -0.05) is 29.3 Å². The van der Waals surface area contributed by atoms with Crippen molar-refractivity contribution >= 4 is 46.4 Å². The van der Waals surface area contributed by atoms with Crippen LogP contribution in [0.5, 0.6) is 0 Å². The molecule has 126 valence electrons. The Kier molecular flexibility index (Phi) is 5.86. The molecule has 24 heavy (non-hydrogen) atoms. The molecule has 6 heteroatoms. The maximum Gasteiger partial charge on any atom is 0.244 e. The minimum atomic E-state index is -0.306. The molecule has 0 heterocycles. The molecule has 0 bridgehead atoms. The molecule has 2 amide bonds. The van der Waals surface area contributed by atoms with Crippen molar-refractivity contribution in [2.75, 3.05) is 16.8 Å². The summed E-state index contributed by atoms with van der Waals surface area (Å²) in [7, 11) is 0. The van der Waals surface area contributed by atoms with E-state index in [2.05, 4.69) is 5.32 Å². The Hall–Kier alpha value is -2.04. The van der Waals surface area contributed by atoms with Crippen LogP contribution in [0.15, 0.2) is 36.4 Å². The molecule has 2 aromatic rings. The number of benzene rings is 2. The molecule has 0 aliphatic rings. The molecule has 0 aromatic heterocycles. The van der Waals surface area contributed by atoms with Gasteiger partial charge in [0.1, 0.15) is 6.54 Å². The van der Waals surface area contributed by atoms with Gasteiger partial charge in [-0.3, -0.25) is 9.59 Å². The average Bonchev–Trinajstić information content (AvgIpc) is 2.49. The van der Waals surface area contributed by atoms with Crippen molar-refractivity contribution in [3.63, 3.8) is 0 Å². The van der Waals surface area contributed by atoms with E-state index in [0.717, 1.165) is 11.1 Å². The van der Waals surface area contributed by atoms with Crippen molar-refractivity contribution in [2.45, 2.75) is 20.8 Å². The number of carbonyl (C=O) groups is 2. The van der Waals surface area contributed by atoms with Gasteiger partial charge in [-0.05, 0) is 55.3 Å². The number of nitrogens with zero attached hydrogens (tertiary/aromatic N) is 1. The minimum absolute atomic E-state index is 0.135. The van der Waals surface area contributed by atoms with Crippen molar-refractivity contribution in [1.29, 1.82) is 0 Å². The van der Waals surface area contributed by atoms with Gasteiger partial charge in [0.05, 0.1) is 10.7 Å². The van der Waals surface area contributed by atoms with Crippen molar-refractivity contribution in [3.05, 3.63) is 57.6 Å². The number of nitrogens with one attached hydrogen (secondary N) is 1. The Morgan fingerprint density at radius 1 is 1.04 bits per heavy atom. The fourth-order valence-corrected chi connectivity index (χ4v) is 2.74. The Labute approximate surface area is 151 Å². The van der Waals surface area contributed by atoms with Gasteiger partial charge in [0.2, 0.25) is 11.8 Å². The Bertz CT molecular complexity index is 791. The van der Waals surface area contributed by atoms with E-state index in [9.17, 15) is 9.59 Å². The van der Waals surface area contributed by atoms with Gasteiger partial charge < -0.3 is 10.2 Å². The Morgan fingerprint density at radius 2 is 1.75 bits per heavy atom. The fraction of sp³-hybridized carbons (Fsp3) is 0.222. The van der Waals surface area contributed by atoms with E-state index in [0.29, 0.717) is 21.4 Å². The van der Waals surface area contributed by atoms with Gasteiger partial charge in [0.25, 0.3) is 0 Å². The highest BCUT2D eigenvalue weighted by Gasteiger charge is 2.18. The molecule has 0 saturated heterocycles. The number of amides is 2. The number of hydrogen-bond donors (Lipinski definition) is 1. The summed E-state index contributed by atoms with van der Waals surface area (Å²) in [6.45, 7) is 5.22. The smallest absolute Gasteiger partial charge is 0.244 e. The molecule has 0 aliphatic carbocycles. The summed E-state index contributed by atoms with van der Waals surface area (Å²) in [6, 6.07) is 10.4. The molecule has 0 fully saturated rings. The predicted octanol–water partition coefficient (Wildman–Crippen LogP) is 4.60. The second-order valence-corrected chi connectivity index (χ2v) is 6.39. The molecule has 0 unspecified atom stereocenters. The molecule has 1 N–H and O–H groups in total. The van der Waals surface area contributed by atoms with Crippen molar-refractivity contribution in [2.24, 2.45) is 0 Å². The normalized spacial score (nSPS) is 10.4. The maximum absolute atomic E-state index is 12.3. The SMILES string of the molecule is CC(=O)N(CC(=O)Nc1ccc(C)c(C)c1)c1ccc(Cl)cc1Cl. The summed E-state index contributed by atoms with van der Waals surface area (Å²) in [5.41, 5.74) is 3.36. The van der Waals surface area contributed by atoms with Gasteiger partial charge >= 0.3 is 0 Å². The third kappa shape index (κ3) is 4.49. The molecule has 2 rings (SSSR count). The van der Waals surface area contributed by atoms with E-state index in [4.69, 9.17) is 23.2 Å². The fourth-order valence-electron chi connectivity index (χ4n) is 2.23. The minimum Gasteiger partial charge on any atom is -0.325 e. The average molecular weight is 365 g/mol. The van der Waals surface area contributed by atoms with E-state index in [1.165, 1.54) is 17.9 Å². The lowest BCUT2D eigenvalue weighted by atomic mass is 10.1. The Morgan fingerprint density at radius 3 is 2.33 bits per heavy atom. The zero-order valence-electron chi connectivity index (χ0n) is 13.7. The first-order valence-corrected chi connectivity index (χ1v) is 8.14. The van der Waals surface area contributed by atoms with Crippen LogP contribution in [0.2, 0.25) is 10.0 Å². The van der Waals surface area contributed by atoms with Crippen LogP contribution in [0.3, 0.4) is 0 Å². The van der Waals surface area contributed by atoms with Gasteiger partial charge in [-0.15, -0.1) is 0 Å². The standard InChI is InChI=1S/C18H18Cl2N2O2/c1-11-4-6-15(8-12(11)2)21-18(24)10-22(13(3)23)17-7-5-14(19)9-16(17)20/h4-9H,10H2,1-3H3,(H,21,24). The third-order valence-electron chi connectivity index (χ3n) is 3.67. The molecular weight excluding hydrogens is 347 g/mol. The van der Waals surface area contributed by atoms with Crippen molar-refractivity contribution < 1.29 is 9.59 Å². The number of anilines is 2.